The van der Waals surface area contributed by atoms with Gasteiger partial charge in [0.05, 0.1) is 12.5 Å². The fourth-order valence-electron chi connectivity index (χ4n) is 3.45. The molecule has 1 aromatic rings. The van der Waals surface area contributed by atoms with Gasteiger partial charge in [0.15, 0.2) is 0 Å². The summed E-state index contributed by atoms with van der Waals surface area (Å²) in [6, 6.07) is 3.93. The van der Waals surface area contributed by atoms with Gasteiger partial charge in [-0.05, 0) is 43.7 Å². The number of aromatic nitrogens is 1. The molecule has 2 heterocycles. The lowest BCUT2D eigenvalue weighted by molar-refractivity contribution is -0.146. The first-order valence-electron chi connectivity index (χ1n) is 8.67. The van der Waals surface area contributed by atoms with Gasteiger partial charge in [-0.1, -0.05) is 6.92 Å². The topological polar surface area (TPSA) is 51.5 Å². The molecular formula is C18H26N2O3. The van der Waals surface area contributed by atoms with Crippen molar-refractivity contribution in [3.63, 3.8) is 0 Å². The molecule has 3 atom stereocenters. The van der Waals surface area contributed by atoms with Gasteiger partial charge in [0.25, 0.3) is 5.91 Å². The summed E-state index contributed by atoms with van der Waals surface area (Å²) >= 11 is 0. The highest BCUT2D eigenvalue weighted by molar-refractivity contribution is 5.93. The zero-order chi connectivity index (χ0) is 16.4. The lowest BCUT2D eigenvalue weighted by Gasteiger charge is -2.35. The average Bonchev–Trinajstić information content (AvgIpc) is 3.13. The predicted octanol–water partition coefficient (Wildman–Crippen LogP) is 2.61. The lowest BCUT2D eigenvalue weighted by atomic mass is 9.99. The molecule has 0 N–H and O–H groups in total. The third-order valence-electron chi connectivity index (χ3n) is 5.16. The molecule has 1 saturated carbocycles. The van der Waals surface area contributed by atoms with Crippen LogP contribution in [0.15, 0.2) is 18.3 Å². The molecule has 1 aromatic heterocycles. The van der Waals surface area contributed by atoms with Crippen molar-refractivity contribution < 1.29 is 14.3 Å². The monoisotopic (exact) mass is 318 g/mol. The van der Waals surface area contributed by atoms with Gasteiger partial charge in [-0.3, -0.25) is 9.59 Å². The standard InChI is InChI=1S/C18H26N2O3/c1-13-12-15(13)18(22)23-11-8-14-6-3-4-10-20(14)17(21)16-7-5-9-19(16)2/h5,7,9,13-15H,3-4,6,8,10-12H2,1-2H3/t13-,14-,15+/m1/s1. The average molecular weight is 318 g/mol. The van der Waals surface area contributed by atoms with E-state index < -0.39 is 0 Å². The Morgan fingerprint density at radius 2 is 2.13 bits per heavy atom. The molecule has 5 heteroatoms. The normalized spacial score (nSPS) is 26.9. The van der Waals surface area contributed by atoms with E-state index in [2.05, 4.69) is 6.92 Å². The summed E-state index contributed by atoms with van der Waals surface area (Å²) in [7, 11) is 1.89. The molecule has 5 nitrogen and oxygen atoms in total. The summed E-state index contributed by atoms with van der Waals surface area (Å²) < 4.78 is 7.26. The Balaban J connectivity index is 1.55. The Morgan fingerprint density at radius 1 is 1.35 bits per heavy atom. The third kappa shape index (κ3) is 3.59. The molecule has 1 aliphatic carbocycles. The fraction of sp³-hybridized carbons (Fsp3) is 0.667. The van der Waals surface area contributed by atoms with Crippen LogP contribution >= 0.6 is 0 Å². The van der Waals surface area contributed by atoms with Crippen molar-refractivity contribution in [2.75, 3.05) is 13.2 Å². The number of likely N-dealkylation sites (tertiary alicyclic amines) is 1. The van der Waals surface area contributed by atoms with Crippen LogP contribution in [0.4, 0.5) is 0 Å². The van der Waals surface area contributed by atoms with Crippen LogP contribution in [0.5, 0.6) is 0 Å². The van der Waals surface area contributed by atoms with Gasteiger partial charge in [0, 0.05) is 32.3 Å². The van der Waals surface area contributed by atoms with E-state index in [9.17, 15) is 9.59 Å². The number of carbonyl (C=O) groups excluding carboxylic acids is 2. The molecule has 1 aliphatic heterocycles. The number of nitrogens with zero attached hydrogens (tertiary/aromatic N) is 2. The van der Waals surface area contributed by atoms with Crippen LogP contribution in [-0.2, 0) is 16.6 Å². The van der Waals surface area contributed by atoms with Crippen LogP contribution < -0.4 is 0 Å². The minimum absolute atomic E-state index is 0.0615. The predicted molar refractivity (Wildman–Crippen MR) is 86.9 cm³/mol. The molecule has 1 amide bonds. The zero-order valence-corrected chi connectivity index (χ0v) is 14.0. The van der Waals surface area contributed by atoms with Crippen molar-refractivity contribution in [1.29, 1.82) is 0 Å². The summed E-state index contributed by atoms with van der Waals surface area (Å²) in [5.74, 6) is 0.619. The van der Waals surface area contributed by atoms with Crippen LogP contribution in [0.2, 0.25) is 0 Å². The van der Waals surface area contributed by atoms with Crippen molar-refractivity contribution in [1.82, 2.24) is 9.47 Å². The molecule has 0 radical (unpaired) electrons. The van der Waals surface area contributed by atoms with E-state index in [4.69, 9.17) is 4.74 Å². The second-order valence-electron chi connectivity index (χ2n) is 6.93. The number of rotatable bonds is 5. The molecule has 0 aromatic carbocycles. The van der Waals surface area contributed by atoms with E-state index in [0.29, 0.717) is 12.5 Å². The summed E-state index contributed by atoms with van der Waals surface area (Å²) in [5, 5.41) is 0. The maximum atomic E-state index is 12.7. The van der Waals surface area contributed by atoms with Crippen molar-refractivity contribution in [2.45, 2.75) is 45.1 Å². The molecule has 1 saturated heterocycles. The Morgan fingerprint density at radius 3 is 2.78 bits per heavy atom. The molecule has 2 fully saturated rings. The molecule has 0 spiro atoms. The van der Waals surface area contributed by atoms with Crippen molar-refractivity contribution >= 4 is 11.9 Å². The Bertz CT molecular complexity index is 581. The minimum Gasteiger partial charge on any atom is -0.465 e. The zero-order valence-electron chi connectivity index (χ0n) is 14.0. The second-order valence-corrected chi connectivity index (χ2v) is 6.93. The molecule has 23 heavy (non-hydrogen) atoms. The Hall–Kier alpha value is -1.78. The molecule has 126 valence electrons. The van der Waals surface area contributed by atoms with Crippen LogP contribution in [0.25, 0.3) is 0 Å². The van der Waals surface area contributed by atoms with E-state index in [-0.39, 0.29) is 23.8 Å². The van der Waals surface area contributed by atoms with E-state index in [1.807, 2.05) is 34.8 Å². The van der Waals surface area contributed by atoms with Gasteiger partial charge in [0.1, 0.15) is 5.69 Å². The molecule has 2 aliphatic rings. The van der Waals surface area contributed by atoms with Crippen LogP contribution in [0.1, 0.15) is 49.5 Å². The highest BCUT2D eigenvalue weighted by Crippen LogP contribution is 2.38. The van der Waals surface area contributed by atoms with E-state index >= 15 is 0 Å². The highest BCUT2D eigenvalue weighted by Gasteiger charge is 2.40. The second kappa shape index (κ2) is 6.77. The SMILES string of the molecule is C[C@@H]1C[C@@H]1C(=O)OCC[C@H]1CCCCN1C(=O)c1cccn1C. The number of ether oxygens (including phenoxy) is 1. The number of aryl methyl sites for hydroxylation is 1. The number of amides is 1. The maximum absolute atomic E-state index is 12.7. The van der Waals surface area contributed by atoms with Crippen LogP contribution in [-0.4, -0.2) is 40.5 Å². The smallest absolute Gasteiger partial charge is 0.309 e. The van der Waals surface area contributed by atoms with E-state index in [0.717, 1.165) is 44.3 Å². The number of hydrogen-bond acceptors (Lipinski definition) is 3. The number of carbonyl (C=O) groups is 2. The van der Waals surface area contributed by atoms with Crippen LogP contribution in [0, 0.1) is 11.8 Å². The first-order valence-corrected chi connectivity index (χ1v) is 8.67. The summed E-state index contributed by atoms with van der Waals surface area (Å²) in [6.07, 6.45) is 6.77. The molecule has 0 bridgehead atoms. The fourth-order valence-corrected chi connectivity index (χ4v) is 3.45. The number of hydrogen-bond donors (Lipinski definition) is 0. The van der Waals surface area contributed by atoms with Gasteiger partial charge in [-0.15, -0.1) is 0 Å². The number of esters is 1. The first kappa shape index (κ1) is 16.1. The van der Waals surface area contributed by atoms with Gasteiger partial charge < -0.3 is 14.2 Å². The third-order valence-corrected chi connectivity index (χ3v) is 5.16. The summed E-state index contributed by atoms with van der Waals surface area (Å²) in [4.78, 5) is 26.5. The molecule has 0 unspecified atom stereocenters. The Labute approximate surface area is 137 Å². The molecular weight excluding hydrogens is 292 g/mol. The minimum atomic E-state index is -0.0615. The van der Waals surface area contributed by atoms with Gasteiger partial charge in [-0.2, -0.15) is 0 Å². The Kier molecular flexibility index (Phi) is 4.74. The van der Waals surface area contributed by atoms with Crippen molar-refractivity contribution in [3.8, 4) is 0 Å². The quantitative estimate of drug-likeness (QED) is 0.784. The summed E-state index contributed by atoms with van der Waals surface area (Å²) in [5.41, 5.74) is 0.723. The maximum Gasteiger partial charge on any atom is 0.309 e. The van der Waals surface area contributed by atoms with Gasteiger partial charge in [0.2, 0.25) is 0 Å². The van der Waals surface area contributed by atoms with Gasteiger partial charge in [-0.25, -0.2) is 0 Å². The lowest BCUT2D eigenvalue weighted by Crippen LogP contribution is -2.44. The molecule has 3 rings (SSSR count). The first-order chi connectivity index (χ1) is 11.1. The van der Waals surface area contributed by atoms with E-state index in [1.165, 1.54) is 0 Å². The van der Waals surface area contributed by atoms with Gasteiger partial charge >= 0.3 is 5.97 Å². The largest absolute Gasteiger partial charge is 0.465 e. The van der Waals surface area contributed by atoms with E-state index in [1.54, 1.807) is 0 Å². The highest BCUT2D eigenvalue weighted by atomic mass is 16.5. The summed E-state index contributed by atoms with van der Waals surface area (Å²) in [6.45, 7) is 3.29. The number of piperidine rings is 1. The van der Waals surface area contributed by atoms with Crippen molar-refractivity contribution in [3.05, 3.63) is 24.0 Å². The van der Waals surface area contributed by atoms with Crippen LogP contribution in [0.3, 0.4) is 0 Å². The van der Waals surface area contributed by atoms with Crippen molar-refractivity contribution in [2.24, 2.45) is 18.9 Å².